The summed E-state index contributed by atoms with van der Waals surface area (Å²) < 4.78 is 5.90. The average Bonchev–Trinajstić information content (AvgIpc) is 3.25. The fraction of sp³-hybridized carbons (Fsp3) is 0.353. The minimum Gasteiger partial charge on any atom is -0.493 e. The standard InChI is InChI=1S/C17H17NO2/c18-10-9-17(7-8-17)12-20-16-6-5-13-3-1-2-4-14(13)15(16)11-19/h1-6,19H,7-9,11-12H2. The van der Waals surface area contributed by atoms with Gasteiger partial charge in [0.2, 0.25) is 0 Å². The van der Waals surface area contributed by atoms with Crippen LogP contribution in [0.15, 0.2) is 36.4 Å². The molecular weight excluding hydrogens is 250 g/mol. The van der Waals surface area contributed by atoms with E-state index in [9.17, 15) is 5.11 Å². The van der Waals surface area contributed by atoms with E-state index in [4.69, 9.17) is 10.00 Å². The molecule has 1 aliphatic carbocycles. The van der Waals surface area contributed by atoms with Gasteiger partial charge < -0.3 is 9.84 Å². The van der Waals surface area contributed by atoms with Gasteiger partial charge in [0.05, 0.1) is 19.3 Å². The number of hydrogen-bond donors (Lipinski definition) is 1. The van der Waals surface area contributed by atoms with Crippen LogP contribution in [0.4, 0.5) is 0 Å². The second-order valence-corrected chi connectivity index (χ2v) is 5.55. The topological polar surface area (TPSA) is 53.2 Å². The molecule has 1 saturated carbocycles. The number of rotatable bonds is 5. The zero-order chi connectivity index (χ0) is 14.0. The highest BCUT2D eigenvalue weighted by molar-refractivity contribution is 5.87. The maximum atomic E-state index is 9.63. The van der Waals surface area contributed by atoms with Gasteiger partial charge >= 0.3 is 0 Å². The number of ether oxygens (including phenoxy) is 1. The van der Waals surface area contributed by atoms with Crippen molar-refractivity contribution in [2.24, 2.45) is 5.41 Å². The van der Waals surface area contributed by atoms with Crippen LogP contribution in [0.2, 0.25) is 0 Å². The molecule has 3 rings (SSSR count). The SMILES string of the molecule is N#CCC1(COc2ccc3ccccc3c2CO)CC1. The number of aliphatic hydroxyl groups excluding tert-OH is 1. The Bertz CT molecular complexity index is 668. The summed E-state index contributed by atoms with van der Waals surface area (Å²) in [6.45, 7) is 0.522. The van der Waals surface area contributed by atoms with Crippen molar-refractivity contribution in [3.8, 4) is 11.8 Å². The van der Waals surface area contributed by atoms with E-state index in [1.165, 1.54) is 0 Å². The number of hydrogen-bond acceptors (Lipinski definition) is 3. The summed E-state index contributed by atoms with van der Waals surface area (Å²) >= 11 is 0. The van der Waals surface area contributed by atoms with Crippen LogP contribution in [0, 0.1) is 16.7 Å². The number of nitrogens with zero attached hydrogens (tertiary/aromatic N) is 1. The summed E-state index contributed by atoms with van der Waals surface area (Å²) in [6.07, 6.45) is 2.67. The molecule has 0 aliphatic heterocycles. The quantitative estimate of drug-likeness (QED) is 0.903. The van der Waals surface area contributed by atoms with E-state index in [0.29, 0.717) is 13.0 Å². The highest BCUT2D eigenvalue weighted by Gasteiger charge is 2.43. The third-order valence-corrected chi connectivity index (χ3v) is 4.10. The first-order valence-electron chi connectivity index (χ1n) is 6.89. The van der Waals surface area contributed by atoms with Crippen molar-refractivity contribution in [3.63, 3.8) is 0 Å². The molecule has 0 saturated heterocycles. The molecule has 0 bridgehead atoms. The molecule has 3 nitrogen and oxygen atoms in total. The molecule has 0 heterocycles. The Balaban J connectivity index is 1.86. The summed E-state index contributed by atoms with van der Waals surface area (Å²) in [6, 6.07) is 14.1. The van der Waals surface area contributed by atoms with Gasteiger partial charge in [0.1, 0.15) is 5.75 Å². The zero-order valence-electron chi connectivity index (χ0n) is 11.3. The van der Waals surface area contributed by atoms with Crippen LogP contribution in [0.1, 0.15) is 24.8 Å². The highest BCUT2D eigenvalue weighted by atomic mass is 16.5. The highest BCUT2D eigenvalue weighted by Crippen LogP contribution is 2.49. The number of fused-ring (bicyclic) bond motifs is 1. The lowest BCUT2D eigenvalue weighted by Crippen LogP contribution is -2.13. The number of benzene rings is 2. The molecule has 1 aliphatic rings. The van der Waals surface area contributed by atoms with E-state index >= 15 is 0 Å². The largest absolute Gasteiger partial charge is 0.493 e. The van der Waals surface area contributed by atoms with Gasteiger partial charge in [0.15, 0.2) is 0 Å². The van der Waals surface area contributed by atoms with Crippen molar-refractivity contribution in [3.05, 3.63) is 42.0 Å². The molecule has 2 aromatic carbocycles. The van der Waals surface area contributed by atoms with E-state index < -0.39 is 0 Å². The Hall–Kier alpha value is -2.05. The summed E-state index contributed by atoms with van der Waals surface area (Å²) in [5, 5.41) is 20.6. The first kappa shape index (κ1) is 13.0. The molecule has 102 valence electrons. The van der Waals surface area contributed by atoms with Gasteiger partial charge in [-0.3, -0.25) is 0 Å². The fourth-order valence-electron chi connectivity index (χ4n) is 2.56. The summed E-state index contributed by atoms with van der Waals surface area (Å²) in [4.78, 5) is 0. The number of aliphatic hydroxyl groups is 1. The van der Waals surface area contributed by atoms with Crippen molar-refractivity contribution in [2.45, 2.75) is 25.9 Å². The van der Waals surface area contributed by atoms with Crippen molar-refractivity contribution in [1.29, 1.82) is 5.26 Å². The molecular formula is C17H17NO2. The van der Waals surface area contributed by atoms with Gasteiger partial charge in [0, 0.05) is 17.4 Å². The van der Waals surface area contributed by atoms with Gasteiger partial charge in [-0.2, -0.15) is 5.26 Å². The second kappa shape index (κ2) is 5.15. The van der Waals surface area contributed by atoms with E-state index in [-0.39, 0.29) is 12.0 Å². The normalized spacial score (nSPS) is 15.8. The lowest BCUT2D eigenvalue weighted by Gasteiger charge is -2.16. The predicted molar refractivity (Wildman–Crippen MR) is 77.3 cm³/mol. The molecule has 0 radical (unpaired) electrons. The summed E-state index contributed by atoms with van der Waals surface area (Å²) in [7, 11) is 0. The molecule has 0 aromatic heterocycles. The molecule has 20 heavy (non-hydrogen) atoms. The molecule has 2 aromatic rings. The summed E-state index contributed by atoms with van der Waals surface area (Å²) in [5.41, 5.74) is 0.878. The predicted octanol–water partition coefficient (Wildman–Crippen LogP) is 3.40. The molecule has 0 spiro atoms. The van der Waals surface area contributed by atoms with Crippen LogP contribution in [-0.4, -0.2) is 11.7 Å². The van der Waals surface area contributed by atoms with Crippen LogP contribution in [0.25, 0.3) is 10.8 Å². The third kappa shape index (κ3) is 2.35. The van der Waals surface area contributed by atoms with E-state index in [0.717, 1.165) is 34.9 Å². The van der Waals surface area contributed by atoms with E-state index in [1.54, 1.807) is 0 Å². The van der Waals surface area contributed by atoms with Crippen LogP contribution < -0.4 is 4.74 Å². The van der Waals surface area contributed by atoms with Gasteiger partial charge in [-0.25, -0.2) is 0 Å². The Morgan fingerprint density at radius 1 is 1.20 bits per heavy atom. The van der Waals surface area contributed by atoms with Gasteiger partial charge in [0.25, 0.3) is 0 Å². The van der Waals surface area contributed by atoms with Gasteiger partial charge in [-0.05, 0) is 29.7 Å². The minimum absolute atomic E-state index is 0.0397. The Morgan fingerprint density at radius 3 is 2.70 bits per heavy atom. The lowest BCUT2D eigenvalue weighted by molar-refractivity contribution is 0.224. The van der Waals surface area contributed by atoms with E-state index in [2.05, 4.69) is 6.07 Å². The second-order valence-electron chi connectivity index (χ2n) is 5.55. The average molecular weight is 267 g/mol. The van der Waals surface area contributed by atoms with Crippen molar-refractivity contribution < 1.29 is 9.84 Å². The zero-order valence-corrected chi connectivity index (χ0v) is 11.3. The van der Waals surface area contributed by atoms with Crippen LogP contribution >= 0.6 is 0 Å². The van der Waals surface area contributed by atoms with Crippen LogP contribution in [0.3, 0.4) is 0 Å². The molecule has 0 unspecified atom stereocenters. The first-order chi connectivity index (χ1) is 9.78. The maximum absolute atomic E-state index is 9.63. The molecule has 1 fully saturated rings. The van der Waals surface area contributed by atoms with Gasteiger partial charge in [-0.15, -0.1) is 0 Å². The van der Waals surface area contributed by atoms with Crippen molar-refractivity contribution in [1.82, 2.24) is 0 Å². The lowest BCUT2D eigenvalue weighted by atomic mass is 10.0. The Labute approximate surface area is 118 Å². The first-order valence-corrected chi connectivity index (χ1v) is 6.89. The minimum atomic E-state index is -0.0397. The fourth-order valence-corrected chi connectivity index (χ4v) is 2.56. The van der Waals surface area contributed by atoms with Crippen LogP contribution in [-0.2, 0) is 6.61 Å². The van der Waals surface area contributed by atoms with Crippen LogP contribution in [0.5, 0.6) is 5.75 Å². The molecule has 0 atom stereocenters. The third-order valence-electron chi connectivity index (χ3n) is 4.10. The number of nitriles is 1. The summed E-state index contributed by atoms with van der Waals surface area (Å²) in [5.74, 6) is 0.732. The van der Waals surface area contributed by atoms with Crippen molar-refractivity contribution in [2.75, 3.05) is 6.61 Å². The monoisotopic (exact) mass is 267 g/mol. The Kier molecular flexibility index (Phi) is 3.33. The smallest absolute Gasteiger partial charge is 0.125 e. The van der Waals surface area contributed by atoms with Crippen molar-refractivity contribution >= 4 is 10.8 Å². The van der Waals surface area contributed by atoms with Gasteiger partial charge in [-0.1, -0.05) is 30.3 Å². The molecule has 3 heteroatoms. The maximum Gasteiger partial charge on any atom is 0.125 e. The molecule has 0 amide bonds. The van der Waals surface area contributed by atoms with E-state index in [1.807, 2.05) is 36.4 Å². The molecule has 1 N–H and O–H groups in total. The Morgan fingerprint density at radius 2 is 2.00 bits per heavy atom.